The summed E-state index contributed by atoms with van der Waals surface area (Å²) < 4.78 is 0. The number of hydrogen-bond donors (Lipinski definition) is 0. The van der Waals surface area contributed by atoms with Crippen molar-refractivity contribution in [2.75, 3.05) is 4.90 Å². The molecule has 7 aromatic carbocycles. The lowest BCUT2D eigenvalue weighted by atomic mass is 9.34. The van der Waals surface area contributed by atoms with Crippen molar-refractivity contribution in [3.63, 3.8) is 0 Å². The van der Waals surface area contributed by atoms with Crippen LogP contribution in [0.3, 0.4) is 0 Å². The molecule has 0 saturated heterocycles. The molecular weight excluding hydrogens is 557 g/mol. The summed E-state index contributed by atoms with van der Waals surface area (Å²) in [6.07, 6.45) is 0. The molecule has 0 radical (unpaired) electrons. The van der Waals surface area contributed by atoms with E-state index in [1.165, 1.54) is 65.3 Å². The van der Waals surface area contributed by atoms with Gasteiger partial charge in [0.15, 0.2) is 8.07 Å². The molecular formula is C42H30BNSi. The molecule has 0 fully saturated rings. The topological polar surface area (TPSA) is 3.24 Å². The van der Waals surface area contributed by atoms with E-state index in [0.717, 1.165) is 0 Å². The maximum absolute atomic E-state index is 2.67. The molecule has 2 aliphatic heterocycles. The van der Waals surface area contributed by atoms with Crippen LogP contribution in [0, 0.1) is 0 Å². The molecule has 0 bridgehead atoms. The molecule has 2 heterocycles. The second kappa shape index (κ2) is 10.4. The first-order chi connectivity index (χ1) is 22.4. The number of fused-ring (bicyclic) bond motifs is 4. The summed E-state index contributed by atoms with van der Waals surface area (Å²) in [7, 11) is -2.67. The Kier molecular flexibility index (Phi) is 6.00. The van der Waals surface area contributed by atoms with Gasteiger partial charge in [0.1, 0.15) is 0 Å². The maximum atomic E-state index is 2.51. The quantitative estimate of drug-likeness (QED) is 0.251. The zero-order valence-corrected chi connectivity index (χ0v) is 25.8. The van der Waals surface area contributed by atoms with Crippen LogP contribution in [0.5, 0.6) is 0 Å². The van der Waals surface area contributed by atoms with E-state index in [1.807, 2.05) is 0 Å². The second-order valence-corrected chi connectivity index (χ2v) is 15.8. The summed E-state index contributed by atoms with van der Waals surface area (Å²) in [4.78, 5) is 2.51. The predicted molar refractivity (Wildman–Crippen MR) is 195 cm³/mol. The molecule has 1 nitrogen and oxygen atoms in total. The first-order valence-corrected chi connectivity index (χ1v) is 17.7. The third-order valence-electron chi connectivity index (χ3n) is 9.81. The van der Waals surface area contributed by atoms with Crippen LogP contribution in [0.25, 0.3) is 11.1 Å². The predicted octanol–water partition coefficient (Wildman–Crippen LogP) is 5.34. The van der Waals surface area contributed by atoms with Crippen LogP contribution in [0.4, 0.5) is 17.1 Å². The van der Waals surface area contributed by atoms with E-state index in [9.17, 15) is 0 Å². The zero-order chi connectivity index (χ0) is 29.8. The average Bonchev–Trinajstić information content (AvgIpc) is 3.13. The van der Waals surface area contributed by atoms with E-state index in [1.54, 1.807) is 0 Å². The monoisotopic (exact) mass is 587 g/mol. The van der Waals surface area contributed by atoms with Gasteiger partial charge in [-0.1, -0.05) is 163 Å². The molecule has 0 atom stereocenters. The zero-order valence-electron chi connectivity index (χ0n) is 24.8. The Hall–Kier alpha value is -5.38. The van der Waals surface area contributed by atoms with Crippen LogP contribution in [0.2, 0.25) is 0 Å². The Morgan fingerprint density at radius 3 is 1.67 bits per heavy atom. The Labute approximate surface area is 266 Å². The first kappa shape index (κ1) is 26.1. The standard InChI is InChI=1S/C42H30BNSi/c1-5-16-31(17-6-1)32-28-29-36-39(30-32)44(33-18-7-2-8-19-33)38-25-15-27-41-42(38)43(36)37-24-13-14-26-40(37)45(41,34-20-9-3-10-21-34)35-22-11-4-12-23-35/h1-30H. The van der Waals surface area contributed by atoms with E-state index in [2.05, 4.69) is 187 Å². The summed E-state index contributed by atoms with van der Waals surface area (Å²) in [6.45, 7) is 0.139. The second-order valence-electron chi connectivity index (χ2n) is 12.1. The van der Waals surface area contributed by atoms with Crippen LogP contribution in [-0.4, -0.2) is 14.8 Å². The molecule has 45 heavy (non-hydrogen) atoms. The van der Waals surface area contributed by atoms with E-state index in [4.69, 9.17) is 0 Å². The molecule has 0 saturated carbocycles. The number of hydrogen-bond acceptors (Lipinski definition) is 1. The van der Waals surface area contributed by atoms with Crippen LogP contribution in [-0.2, 0) is 0 Å². The van der Waals surface area contributed by atoms with Gasteiger partial charge < -0.3 is 4.90 Å². The smallest absolute Gasteiger partial charge is 0.246 e. The molecule has 0 aliphatic carbocycles. The van der Waals surface area contributed by atoms with E-state index < -0.39 is 8.07 Å². The number of rotatable bonds is 4. The number of anilines is 3. The van der Waals surface area contributed by atoms with E-state index in [-0.39, 0.29) is 6.71 Å². The lowest BCUT2D eigenvalue weighted by Crippen LogP contribution is -2.87. The first-order valence-electron chi connectivity index (χ1n) is 15.7. The summed E-state index contributed by atoms with van der Waals surface area (Å²) in [5.41, 5.74) is 10.4. The third kappa shape index (κ3) is 3.81. The van der Waals surface area contributed by atoms with Gasteiger partial charge in [-0.2, -0.15) is 0 Å². The fourth-order valence-corrected chi connectivity index (χ4v) is 13.3. The molecule has 3 heteroatoms. The van der Waals surface area contributed by atoms with Gasteiger partial charge in [-0.15, -0.1) is 0 Å². The Balaban J connectivity index is 1.42. The summed E-state index contributed by atoms with van der Waals surface area (Å²) in [5, 5.41) is 5.82. The van der Waals surface area contributed by atoms with Crippen LogP contribution in [0.15, 0.2) is 182 Å². The molecule has 0 amide bonds. The Morgan fingerprint density at radius 2 is 0.978 bits per heavy atom. The van der Waals surface area contributed by atoms with Crippen molar-refractivity contribution < 1.29 is 0 Å². The fraction of sp³-hybridized carbons (Fsp3) is 0. The summed E-state index contributed by atoms with van der Waals surface area (Å²) >= 11 is 0. The molecule has 7 aromatic rings. The number of para-hydroxylation sites is 1. The third-order valence-corrected chi connectivity index (χ3v) is 14.7. The van der Waals surface area contributed by atoms with E-state index in [0.29, 0.717) is 0 Å². The van der Waals surface area contributed by atoms with Crippen molar-refractivity contribution >= 4 is 69.0 Å². The summed E-state index contributed by atoms with van der Waals surface area (Å²) in [6, 6.07) is 67.8. The molecule has 0 unspecified atom stereocenters. The minimum Gasteiger partial charge on any atom is -0.312 e. The molecule has 9 rings (SSSR count). The molecule has 0 spiro atoms. The van der Waals surface area contributed by atoms with Gasteiger partial charge in [0.2, 0.25) is 6.71 Å². The Bertz CT molecular complexity index is 2130. The lowest BCUT2D eigenvalue weighted by molar-refractivity contribution is 1.29. The SMILES string of the molecule is c1ccc(-c2ccc3c(c2)N(c2ccccc2)c2cccc4c2B3c2ccccc2[Si]4(c2ccccc2)c2ccccc2)cc1. The highest BCUT2D eigenvalue weighted by Gasteiger charge is 2.52. The minimum absolute atomic E-state index is 0.139. The van der Waals surface area contributed by atoms with Crippen molar-refractivity contribution in [3.8, 4) is 11.1 Å². The van der Waals surface area contributed by atoms with Crippen molar-refractivity contribution in [1.82, 2.24) is 0 Å². The molecule has 210 valence electrons. The largest absolute Gasteiger partial charge is 0.312 e. The average molecular weight is 588 g/mol. The van der Waals surface area contributed by atoms with Gasteiger partial charge >= 0.3 is 0 Å². The van der Waals surface area contributed by atoms with Gasteiger partial charge in [-0.05, 0) is 67.1 Å². The number of nitrogens with zero attached hydrogens (tertiary/aromatic N) is 1. The molecule has 0 aromatic heterocycles. The number of benzene rings is 7. The van der Waals surface area contributed by atoms with Gasteiger partial charge in [-0.25, -0.2) is 0 Å². The van der Waals surface area contributed by atoms with Gasteiger partial charge in [0, 0.05) is 17.1 Å². The lowest BCUT2D eigenvalue weighted by Gasteiger charge is -2.47. The summed E-state index contributed by atoms with van der Waals surface area (Å²) in [5.74, 6) is 0. The van der Waals surface area contributed by atoms with Gasteiger partial charge in [0.05, 0.1) is 0 Å². The normalized spacial score (nSPS) is 13.9. The highest BCUT2D eigenvalue weighted by Crippen LogP contribution is 2.38. The maximum Gasteiger partial charge on any atom is 0.246 e. The van der Waals surface area contributed by atoms with Crippen molar-refractivity contribution in [3.05, 3.63) is 182 Å². The van der Waals surface area contributed by atoms with Crippen LogP contribution < -0.4 is 42.0 Å². The highest BCUT2D eigenvalue weighted by molar-refractivity contribution is 7.26. The van der Waals surface area contributed by atoms with Crippen molar-refractivity contribution in [2.24, 2.45) is 0 Å². The van der Waals surface area contributed by atoms with E-state index >= 15 is 0 Å². The highest BCUT2D eigenvalue weighted by atomic mass is 28.3. The fourth-order valence-electron chi connectivity index (χ4n) is 8.03. The molecule has 0 N–H and O–H groups in total. The molecule has 2 aliphatic rings. The van der Waals surface area contributed by atoms with Gasteiger partial charge in [0.25, 0.3) is 0 Å². The Morgan fingerprint density at radius 1 is 0.400 bits per heavy atom. The van der Waals surface area contributed by atoms with Crippen LogP contribution in [0.1, 0.15) is 0 Å². The van der Waals surface area contributed by atoms with Crippen LogP contribution >= 0.6 is 0 Å². The van der Waals surface area contributed by atoms with Gasteiger partial charge in [-0.3, -0.25) is 0 Å². The van der Waals surface area contributed by atoms with Crippen molar-refractivity contribution in [2.45, 2.75) is 0 Å². The minimum atomic E-state index is -2.67. The van der Waals surface area contributed by atoms with Crippen molar-refractivity contribution in [1.29, 1.82) is 0 Å².